The maximum atomic E-state index is 12.2. The van der Waals surface area contributed by atoms with E-state index in [-0.39, 0.29) is 12.3 Å². The van der Waals surface area contributed by atoms with Crippen LogP contribution in [0.3, 0.4) is 0 Å². The van der Waals surface area contributed by atoms with Gasteiger partial charge in [-0.05, 0) is 12.3 Å². The van der Waals surface area contributed by atoms with E-state index in [0.29, 0.717) is 6.42 Å². The van der Waals surface area contributed by atoms with Crippen molar-refractivity contribution >= 4 is 5.97 Å². The molecule has 0 aliphatic heterocycles. The lowest BCUT2D eigenvalue weighted by Crippen LogP contribution is -2.46. The molecule has 114 valence electrons. The van der Waals surface area contributed by atoms with Crippen LogP contribution >= 0.6 is 0 Å². The number of esters is 1. The lowest BCUT2D eigenvalue weighted by atomic mass is 9.95. The van der Waals surface area contributed by atoms with Crippen LogP contribution in [-0.4, -0.2) is 24.4 Å². The summed E-state index contributed by atoms with van der Waals surface area (Å²) in [7, 11) is 0. The summed E-state index contributed by atoms with van der Waals surface area (Å²) in [6, 6.07) is 0. The van der Waals surface area contributed by atoms with Crippen LogP contribution in [0.1, 0.15) is 33.6 Å². The van der Waals surface area contributed by atoms with E-state index in [9.17, 15) is 31.1 Å². The van der Waals surface area contributed by atoms with Gasteiger partial charge >= 0.3 is 18.3 Å². The highest BCUT2D eigenvalue weighted by Crippen LogP contribution is 2.36. The molecule has 2 nitrogen and oxygen atoms in total. The summed E-state index contributed by atoms with van der Waals surface area (Å²) in [4.78, 5) is 11.3. The maximum absolute atomic E-state index is 12.2. The van der Waals surface area contributed by atoms with Crippen molar-refractivity contribution in [1.82, 2.24) is 0 Å². The topological polar surface area (TPSA) is 26.3 Å². The molecular weight excluding hydrogens is 278 g/mol. The van der Waals surface area contributed by atoms with Gasteiger partial charge in [-0.25, -0.2) is 0 Å². The van der Waals surface area contributed by atoms with E-state index >= 15 is 0 Å². The second kappa shape index (κ2) is 6.47. The van der Waals surface area contributed by atoms with E-state index in [1.54, 1.807) is 13.8 Å². The number of hydrogen-bond donors (Lipinski definition) is 0. The van der Waals surface area contributed by atoms with Crippen LogP contribution in [0.25, 0.3) is 0 Å². The number of alkyl halides is 6. The van der Waals surface area contributed by atoms with E-state index in [1.807, 2.05) is 0 Å². The van der Waals surface area contributed by atoms with Gasteiger partial charge in [0.05, 0.1) is 5.92 Å². The number of carbonyl (C=O) groups excluding carboxylic acids is 1. The summed E-state index contributed by atoms with van der Waals surface area (Å²) in [5, 5.41) is 0. The molecule has 0 aromatic carbocycles. The fourth-order valence-corrected chi connectivity index (χ4v) is 1.42. The highest BCUT2D eigenvalue weighted by molar-refractivity contribution is 5.72. The van der Waals surface area contributed by atoms with Crippen molar-refractivity contribution in [3.8, 4) is 0 Å². The molecule has 0 heterocycles. The molecule has 0 saturated carbocycles. The predicted octanol–water partition coefficient (Wildman–Crippen LogP) is 4.10. The lowest BCUT2D eigenvalue weighted by Gasteiger charge is -2.24. The molecule has 0 N–H and O–H groups in total. The summed E-state index contributed by atoms with van der Waals surface area (Å²) in [5.41, 5.74) is 0. The van der Waals surface area contributed by atoms with Crippen LogP contribution in [0.2, 0.25) is 0 Å². The average molecular weight is 294 g/mol. The monoisotopic (exact) mass is 294 g/mol. The molecule has 19 heavy (non-hydrogen) atoms. The zero-order chi connectivity index (χ0) is 15.4. The predicted molar refractivity (Wildman–Crippen MR) is 55.2 cm³/mol. The fourth-order valence-electron chi connectivity index (χ4n) is 1.42. The molecule has 0 spiro atoms. The van der Waals surface area contributed by atoms with Gasteiger partial charge in [0.25, 0.3) is 6.10 Å². The highest BCUT2D eigenvalue weighted by Gasteiger charge is 2.60. The number of carbonyl (C=O) groups is 1. The summed E-state index contributed by atoms with van der Waals surface area (Å²) >= 11 is 0. The Kier molecular flexibility index (Phi) is 6.15. The van der Waals surface area contributed by atoms with Gasteiger partial charge in [0, 0.05) is 0 Å². The van der Waals surface area contributed by atoms with Crippen molar-refractivity contribution in [2.45, 2.75) is 52.1 Å². The zero-order valence-corrected chi connectivity index (χ0v) is 10.7. The first kappa shape index (κ1) is 18.0. The van der Waals surface area contributed by atoms with Gasteiger partial charge in [-0.1, -0.05) is 27.2 Å². The van der Waals surface area contributed by atoms with Gasteiger partial charge in [-0.15, -0.1) is 0 Å². The maximum Gasteiger partial charge on any atom is 0.434 e. The van der Waals surface area contributed by atoms with Gasteiger partial charge in [-0.2, -0.15) is 26.3 Å². The van der Waals surface area contributed by atoms with Crippen LogP contribution in [0.4, 0.5) is 26.3 Å². The van der Waals surface area contributed by atoms with Crippen molar-refractivity contribution in [3.05, 3.63) is 0 Å². The summed E-state index contributed by atoms with van der Waals surface area (Å²) < 4.78 is 76.6. The average Bonchev–Trinajstić information content (AvgIpc) is 2.21. The molecule has 0 aliphatic rings. The standard InChI is InChI=1S/C11H16F6O2/c1-4-6(2)5-7(3)8(18)19-9(10(12,13)14)11(15,16)17/h6-7,9H,4-5H2,1-3H3. The van der Waals surface area contributed by atoms with E-state index in [0.717, 1.165) is 0 Å². The Morgan fingerprint density at radius 3 is 1.79 bits per heavy atom. The third-order valence-electron chi connectivity index (χ3n) is 2.68. The van der Waals surface area contributed by atoms with Crippen molar-refractivity contribution in [2.24, 2.45) is 11.8 Å². The molecular formula is C11H16F6O2. The third kappa shape index (κ3) is 6.15. The molecule has 0 amide bonds. The van der Waals surface area contributed by atoms with Crippen molar-refractivity contribution in [1.29, 1.82) is 0 Å². The Hall–Kier alpha value is -0.950. The van der Waals surface area contributed by atoms with Crippen LogP contribution < -0.4 is 0 Å². The summed E-state index contributed by atoms with van der Waals surface area (Å²) in [6.07, 6.45) is -14.5. The highest BCUT2D eigenvalue weighted by atomic mass is 19.4. The Balaban J connectivity index is 4.74. The number of halogens is 6. The second-order valence-corrected chi connectivity index (χ2v) is 4.55. The van der Waals surface area contributed by atoms with Gasteiger partial charge < -0.3 is 4.74 Å². The number of ether oxygens (including phenoxy) is 1. The first-order chi connectivity index (χ1) is 8.39. The molecule has 8 heteroatoms. The number of rotatable bonds is 5. The Morgan fingerprint density at radius 2 is 1.47 bits per heavy atom. The fraction of sp³-hybridized carbons (Fsp3) is 0.909. The van der Waals surface area contributed by atoms with Crippen LogP contribution in [0.15, 0.2) is 0 Å². The summed E-state index contributed by atoms with van der Waals surface area (Å²) in [6.45, 7) is 4.80. The summed E-state index contributed by atoms with van der Waals surface area (Å²) in [5.74, 6) is -2.49. The molecule has 2 unspecified atom stereocenters. The zero-order valence-electron chi connectivity index (χ0n) is 10.7. The van der Waals surface area contributed by atoms with E-state index in [2.05, 4.69) is 4.74 Å². The van der Waals surface area contributed by atoms with Crippen molar-refractivity contribution < 1.29 is 35.9 Å². The minimum Gasteiger partial charge on any atom is -0.443 e. The lowest BCUT2D eigenvalue weighted by molar-refractivity contribution is -0.314. The SMILES string of the molecule is CCC(C)CC(C)C(=O)OC(C(F)(F)F)C(F)(F)F. The van der Waals surface area contributed by atoms with Crippen LogP contribution in [-0.2, 0) is 9.53 Å². The first-order valence-corrected chi connectivity index (χ1v) is 5.73. The van der Waals surface area contributed by atoms with Gasteiger partial charge in [0.15, 0.2) is 0 Å². The smallest absolute Gasteiger partial charge is 0.434 e. The van der Waals surface area contributed by atoms with Gasteiger partial charge in [0.2, 0.25) is 0 Å². The largest absolute Gasteiger partial charge is 0.443 e. The molecule has 0 saturated heterocycles. The first-order valence-electron chi connectivity index (χ1n) is 5.73. The molecule has 0 rings (SSSR count). The Bertz CT molecular complexity index is 283. The molecule has 0 aromatic rings. The van der Waals surface area contributed by atoms with Crippen molar-refractivity contribution in [3.63, 3.8) is 0 Å². The number of hydrogen-bond acceptors (Lipinski definition) is 2. The third-order valence-corrected chi connectivity index (χ3v) is 2.68. The molecule has 2 atom stereocenters. The quantitative estimate of drug-likeness (QED) is 0.564. The normalized spacial score (nSPS) is 16.3. The molecule has 0 radical (unpaired) electrons. The Labute approximate surface area is 107 Å². The molecule has 0 aromatic heterocycles. The van der Waals surface area contributed by atoms with E-state index in [4.69, 9.17) is 0 Å². The molecule has 0 aliphatic carbocycles. The van der Waals surface area contributed by atoms with Crippen LogP contribution in [0.5, 0.6) is 0 Å². The van der Waals surface area contributed by atoms with E-state index in [1.165, 1.54) is 6.92 Å². The van der Waals surface area contributed by atoms with Crippen LogP contribution in [0, 0.1) is 11.8 Å². The van der Waals surface area contributed by atoms with Gasteiger partial charge in [0.1, 0.15) is 0 Å². The van der Waals surface area contributed by atoms with Gasteiger partial charge in [-0.3, -0.25) is 4.79 Å². The van der Waals surface area contributed by atoms with E-state index < -0.39 is 30.3 Å². The molecule has 0 fully saturated rings. The minimum absolute atomic E-state index is 0.0118. The second-order valence-electron chi connectivity index (χ2n) is 4.55. The molecule has 0 bridgehead atoms. The Morgan fingerprint density at radius 1 is 1.05 bits per heavy atom. The minimum atomic E-state index is -5.66. The van der Waals surface area contributed by atoms with Crippen molar-refractivity contribution in [2.75, 3.05) is 0 Å².